The number of sulfone groups is 1. The van der Waals surface area contributed by atoms with Crippen LogP contribution in [-0.2, 0) is 24.2 Å². The first-order chi connectivity index (χ1) is 15.3. The fourth-order valence-electron chi connectivity index (χ4n) is 5.21. The van der Waals surface area contributed by atoms with Crippen molar-refractivity contribution in [3.63, 3.8) is 0 Å². The number of hydrogen-bond donors (Lipinski definition) is 2. The van der Waals surface area contributed by atoms with Crippen LogP contribution in [0.25, 0.3) is 0 Å². The predicted molar refractivity (Wildman–Crippen MR) is 118 cm³/mol. The Kier molecular flexibility index (Phi) is 6.83. The molecule has 9 heteroatoms. The van der Waals surface area contributed by atoms with E-state index in [1.165, 1.54) is 31.4 Å². The molecule has 174 valence electrons. The smallest absolute Gasteiger partial charge is 0.245 e. The Bertz CT molecular complexity index is 959. The Morgan fingerprint density at radius 3 is 2.50 bits per heavy atom. The SMILES string of the molecule is O=C(CS(=O)(=O)c1ccccc1)NC1CCN2C(=O)C(CC3CCCCC3)NC(=O)C2C1. The first-order valence-corrected chi connectivity index (χ1v) is 13.2. The largest absolute Gasteiger partial charge is 0.352 e. The van der Waals surface area contributed by atoms with Crippen molar-refractivity contribution in [3.05, 3.63) is 30.3 Å². The number of fused-ring (bicyclic) bond motifs is 1. The zero-order chi connectivity index (χ0) is 22.7. The number of amides is 3. The Morgan fingerprint density at radius 1 is 1.06 bits per heavy atom. The van der Waals surface area contributed by atoms with Gasteiger partial charge in [-0.15, -0.1) is 0 Å². The fraction of sp³-hybridized carbons (Fsp3) is 0.609. The molecule has 8 nitrogen and oxygen atoms in total. The molecule has 3 amide bonds. The summed E-state index contributed by atoms with van der Waals surface area (Å²) in [6, 6.07) is 6.44. The molecule has 1 aromatic carbocycles. The fourth-order valence-corrected chi connectivity index (χ4v) is 6.37. The van der Waals surface area contributed by atoms with E-state index < -0.39 is 33.6 Å². The molecule has 0 spiro atoms. The molecule has 2 N–H and O–H groups in total. The minimum absolute atomic E-state index is 0.0309. The van der Waals surface area contributed by atoms with Gasteiger partial charge in [0.1, 0.15) is 17.8 Å². The highest BCUT2D eigenvalue weighted by Gasteiger charge is 2.44. The van der Waals surface area contributed by atoms with Gasteiger partial charge in [-0.3, -0.25) is 14.4 Å². The quantitative estimate of drug-likeness (QED) is 0.665. The molecule has 0 aromatic heterocycles. The van der Waals surface area contributed by atoms with Crippen LogP contribution in [0.15, 0.2) is 35.2 Å². The van der Waals surface area contributed by atoms with Gasteiger partial charge in [-0.1, -0.05) is 50.3 Å². The number of carbonyl (C=O) groups excluding carboxylic acids is 3. The minimum Gasteiger partial charge on any atom is -0.352 e. The van der Waals surface area contributed by atoms with Crippen molar-refractivity contribution in [3.8, 4) is 0 Å². The summed E-state index contributed by atoms with van der Waals surface area (Å²) >= 11 is 0. The molecule has 2 saturated heterocycles. The van der Waals surface area contributed by atoms with E-state index in [1.54, 1.807) is 23.1 Å². The monoisotopic (exact) mass is 461 g/mol. The van der Waals surface area contributed by atoms with Gasteiger partial charge in [-0.05, 0) is 37.3 Å². The lowest BCUT2D eigenvalue weighted by molar-refractivity contribution is -0.152. The predicted octanol–water partition coefficient (Wildman–Crippen LogP) is 1.40. The highest BCUT2D eigenvalue weighted by atomic mass is 32.2. The van der Waals surface area contributed by atoms with E-state index in [9.17, 15) is 22.8 Å². The lowest BCUT2D eigenvalue weighted by Gasteiger charge is -2.44. The molecule has 1 aromatic rings. The van der Waals surface area contributed by atoms with Gasteiger partial charge in [-0.2, -0.15) is 0 Å². The molecule has 0 radical (unpaired) electrons. The number of piperazine rings is 1. The molecule has 3 atom stereocenters. The molecular weight excluding hydrogens is 430 g/mol. The van der Waals surface area contributed by atoms with Crippen LogP contribution in [0.5, 0.6) is 0 Å². The summed E-state index contributed by atoms with van der Waals surface area (Å²) in [7, 11) is -3.73. The van der Waals surface area contributed by atoms with E-state index in [0.717, 1.165) is 12.8 Å². The van der Waals surface area contributed by atoms with Crippen molar-refractivity contribution in [1.82, 2.24) is 15.5 Å². The summed E-state index contributed by atoms with van der Waals surface area (Å²) in [5.41, 5.74) is 0. The summed E-state index contributed by atoms with van der Waals surface area (Å²) in [5.74, 6) is -0.961. The van der Waals surface area contributed by atoms with E-state index in [4.69, 9.17) is 0 Å². The first kappa shape index (κ1) is 22.8. The summed E-state index contributed by atoms with van der Waals surface area (Å²) in [6.45, 7) is 0.383. The molecule has 3 fully saturated rings. The van der Waals surface area contributed by atoms with E-state index >= 15 is 0 Å². The lowest BCUT2D eigenvalue weighted by atomic mass is 9.83. The van der Waals surface area contributed by atoms with Crippen LogP contribution in [0.4, 0.5) is 0 Å². The molecule has 3 aliphatic rings. The lowest BCUT2D eigenvalue weighted by Crippen LogP contribution is -2.67. The van der Waals surface area contributed by atoms with Crippen LogP contribution in [0, 0.1) is 5.92 Å². The van der Waals surface area contributed by atoms with Crippen LogP contribution >= 0.6 is 0 Å². The van der Waals surface area contributed by atoms with Crippen molar-refractivity contribution in [2.45, 2.75) is 74.4 Å². The highest BCUT2D eigenvalue weighted by Crippen LogP contribution is 2.30. The van der Waals surface area contributed by atoms with Gasteiger partial charge in [0.15, 0.2) is 9.84 Å². The van der Waals surface area contributed by atoms with E-state index in [1.807, 2.05) is 0 Å². The maximum atomic E-state index is 13.0. The third kappa shape index (κ3) is 5.14. The molecule has 1 saturated carbocycles. The molecule has 32 heavy (non-hydrogen) atoms. The molecule has 1 aliphatic carbocycles. The number of nitrogens with zero attached hydrogens (tertiary/aromatic N) is 1. The van der Waals surface area contributed by atoms with Crippen molar-refractivity contribution in [1.29, 1.82) is 0 Å². The second-order valence-corrected chi connectivity index (χ2v) is 11.2. The average molecular weight is 462 g/mol. The Balaban J connectivity index is 1.32. The van der Waals surface area contributed by atoms with E-state index in [2.05, 4.69) is 10.6 Å². The topological polar surface area (TPSA) is 113 Å². The molecule has 3 unspecified atom stereocenters. The van der Waals surface area contributed by atoms with Crippen LogP contribution in [0.3, 0.4) is 0 Å². The Labute approximate surface area is 189 Å². The van der Waals surface area contributed by atoms with Gasteiger partial charge < -0.3 is 15.5 Å². The molecule has 2 aliphatic heterocycles. The van der Waals surface area contributed by atoms with Crippen LogP contribution in [0.2, 0.25) is 0 Å². The number of rotatable bonds is 6. The molecule has 0 bridgehead atoms. The summed E-state index contributed by atoms with van der Waals surface area (Å²) in [5, 5.41) is 5.66. The number of benzene rings is 1. The minimum atomic E-state index is -3.73. The first-order valence-electron chi connectivity index (χ1n) is 11.5. The maximum Gasteiger partial charge on any atom is 0.245 e. The summed E-state index contributed by atoms with van der Waals surface area (Å²) in [4.78, 5) is 39.9. The second kappa shape index (κ2) is 9.60. The summed E-state index contributed by atoms with van der Waals surface area (Å²) in [6.07, 6.45) is 7.35. The zero-order valence-electron chi connectivity index (χ0n) is 18.2. The van der Waals surface area contributed by atoms with Gasteiger partial charge in [0.2, 0.25) is 17.7 Å². The standard InChI is InChI=1S/C23H31N3O5S/c27-21(15-32(30,31)18-9-5-2-6-10-18)24-17-11-12-26-20(14-17)22(28)25-19(23(26)29)13-16-7-3-1-4-8-16/h2,5-6,9-10,16-17,19-20H,1,3-4,7-8,11-15H2,(H,24,27)(H,25,28). The van der Waals surface area contributed by atoms with E-state index in [0.29, 0.717) is 31.7 Å². The van der Waals surface area contributed by atoms with Crippen LogP contribution in [-0.4, -0.2) is 61.5 Å². The maximum absolute atomic E-state index is 13.0. The third-order valence-electron chi connectivity index (χ3n) is 6.89. The normalized spacial score (nSPS) is 26.9. The van der Waals surface area contributed by atoms with Gasteiger partial charge in [-0.25, -0.2) is 8.42 Å². The summed E-state index contributed by atoms with van der Waals surface area (Å²) < 4.78 is 24.9. The Morgan fingerprint density at radius 2 is 1.78 bits per heavy atom. The van der Waals surface area contributed by atoms with Gasteiger partial charge in [0, 0.05) is 12.6 Å². The van der Waals surface area contributed by atoms with Crippen molar-refractivity contribution >= 4 is 27.6 Å². The molecule has 2 heterocycles. The number of hydrogen-bond acceptors (Lipinski definition) is 5. The molecule has 4 rings (SSSR count). The second-order valence-electron chi connectivity index (χ2n) is 9.21. The zero-order valence-corrected chi connectivity index (χ0v) is 19.0. The number of carbonyl (C=O) groups is 3. The number of nitrogens with one attached hydrogen (secondary N) is 2. The van der Waals surface area contributed by atoms with Crippen LogP contribution in [0.1, 0.15) is 51.4 Å². The number of piperidine rings is 1. The average Bonchev–Trinajstić information content (AvgIpc) is 2.78. The van der Waals surface area contributed by atoms with Gasteiger partial charge in [0.25, 0.3) is 0 Å². The van der Waals surface area contributed by atoms with Crippen molar-refractivity contribution < 1.29 is 22.8 Å². The van der Waals surface area contributed by atoms with E-state index in [-0.39, 0.29) is 22.8 Å². The Hall–Kier alpha value is -2.42. The highest BCUT2D eigenvalue weighted by molar-refractivity contribution is 7.92. The molecular formula is C23H31N3O5S. The van der Waals surface area contributed by atoms with Gasteiger partial charge >= 0.3 is 0 Å². The van der Waals surface area contributed by atoms with Crippen molar-refractivity contribution in [2.75, 3.05) is 12.3 Å². The third-order valence-corrected chi connectivity index (χ3v) is 8.52. The van der Waals surface area contributed by atoms with Crippen molar-refractivity contribution in [2.24, 2.45) is 5.92 Å². The van der Waals surface area contributed by atoms with Gasteiger partial charge in [0.05, 0.1) is 4.90 Å². The van der Waals surface area contributed by atoms with Crippen LogP contribution < -0.4 is 10.6 Å².